The van der Waals surface area contributed by atoms with Crippen LogP contribution in [0.1, 0.15) is 36.9 Å². The van der Waals surface area contributed by atoms with Crippen LogP contribution in [0.4, 0.5) is 5.69 Å². The number of nitrogens with zero attached hydrogens (tertiary/aromatic N) is 2. The molecule has 7 nitrogen and oxygen atoms in total. The van der Waals surface area contributed by atoms with E-state index < -0.39 is 14.9 Å². The summed E-state index contributed by atoms with van der Waals surface area (Å²) in [5.41, 5.74) is 1.44. The van der Waals surface area contributed by atoms with E-state index in [2.05, 4.69) is 0 Å². The Morgan fingerprint density at radius 1 is 1.15 bits per heavy atom. The van der Waals surface area contributed by atoms with Gasteiger partial charge in [0.1, 0.15) is 5.75 Å². The maximum atomic E-state index is 12.9. The van der Waals surface area contributed by atoms with Crippen molar-refractivity contribution >= 4 is 15.7 Å². The third-order valence-electron chi connectivity index (χ3n) is 4.63. The van der Waals surface area contributed by atoms with E-state index in [1.54, 1.807) is 4.31 Å². The quantitative estimate of drug-likeness (QED) is 0.532. The molecule has 1 heterocycles. The summed E-state index contributed by atoms with van der Waals surface area (Å²) in [7, 11) is -3.53. The molecule has 0 saturated carbocycles. The maximum Gasteiger partial charge on any atom is 0.269 e. The predicted molar refractivity (Wildman–Crippen MR) is 102 cm³/mol. The molecule has 2 aromatic carbocycles. The van der Waals surface area contributed by atoms with Gasteiger partial charge in [0.05, 0.1) is 17.3 Å². The Bertz CT molecular complexity index is 895. The van der Waals surface area contributed by atoms with Crippen LogP contribution in [0.25, 0.3) is 0 Å². The highest BCUT2D eigenvalue weighted by Gasteiger charge is 2.35. The third-order valence-corrected chi connectivity index (χ3v) is 6.48. The molecule has 0 aliphatic carbocycles. The van der Waals surface area contributed by atoms with Gasteiger partial charge in [0.25, 0.3) is 5.69 Å². The summed E-state index contributed by atoms with van der Waals surface area (Å²) in [4.78, 5) is 10.2. The molecule has 0 amide bonds. The highest BCUT2D eigenvalue weighted by molar-refractivity contribution is 7.88. The van der Waals surface area contributed by atoms with Gasteiger partial charge in [-0.15, -0.1) is 0 Å². The minimum atomic E-state index is -3.53. The lowest BCUT2D eigenvalue weighted by atomic mass is 10.1. The molecule has 0 N–H and O–H groups in total. The first-order valence-electron chi connectivity index (χ1n) is 8.86. The molecule has 144 valence electrons. The van der Waals surface area contributed by atoms with Crippen molar-refractivity contribution in [2.75, 3.05) is 13.2 Å². The molecule has 0 radical (unpaired) electrons. The number of hydrogen-bond acceptors (Lipinski definition) is 5. The summed E-state index contributed by atoms with van der Waals surface area (Å²) in [6.45, 7) is 2.98. The zero-order chi connectivity index (χ0) is 19.4. The molecule has 2 aromatic rings. The molecule has 0 aromatic heterocycles. The van der Waals surface area contributed by atoms with E-state index in [9.17, 15) is 18.5 Å². The SMILES string of the molecule is CCOc1ccc(C2CCCN2S(=O)(=O)Cc2ccc([N+](=O)[O-])cc2)cc1. The van der Waals surface area contributed by atoms with E-state index in [0.29, 0.717) is 18.7 Å². The third kappa shape index (κ3) is 4.45. The Labute approximate surface area is 158 Å². The lowest BCUT2D eigenvalue weighted by Gasteiger charge is -2.24. The Morgan fingerprint density at radius 2 is 1.81 bits per heavy atom. The molecule has 1 aliphatic rings. The number of rotatable bonds is 7. The summed E-state index contributed by atoms with van der Waals surface area (Å²) >= 11 is 0. The summed E-state index contributed by atoms with van der Waals surface area (Å²) in [5.74, 6) is 0.595. The monoisotopic (exact) mass is 390 g/mol. The van der Waals surface area contributed by atoms with Crippen LogP contribution in [-0.4, -0.2) is 30.8 Å². The Balaban J connectivity index is 1.77. The van der Waals surface area contributed by atoms with E-state index >= 15 is 0 Å². The fourth-order valence-electron chi connectivity index (χ4n) is 3.37. The van der Waals surface area contributed by atoms with Crippen molar-refractivity contribution in [2.45, 2.75) is 31.6 Å². The van der Waals surface area contributed by atoms with Gasteiger partial charge in [-0.1, -0.05) is 24.3 Å². The Kier molecular flexibility index (Phi) is 5.76. The Hall–Kier alpha value is -2.45. The first-order chi connectivity index (χ1) is 12.9. The molecular formula is C19H22N2O5S. The van der Waals surface area contributed by atoms with Crippen molar-refractivity contribution in [3.05, 3.63) is 69.8 Å². The molecule has 1 atom stereocenters. The second kappa shape index (κ2) is 8.06. The average Bonchev–Trinajstić information content (AvgIpc) is 3.14. The van der Waals surface area contributed by atoms with Crippen LogP contribution in [0.15, 0.2) is 48.5 Å². The largest absolute Gasteiger partial charge is 0.494 e. The maximum absolute atomic E-state index is 12.9. The lowest BCUT2D eigenvalue weighted by molar-refractivity contribution is -0.384. The number of sulfonamides is 1. The van der Waals surface area contributed by atoms with Crippen LogP contribution >= 0.6 is 0 Å². The van der Waals surface area contributed by atoms with Crippen molar-refractivity contribution < 1.29 is 18.1 Å². The fraction of sp³-hybridized carbons (Fsp3) is 0.368. The number of non-ortho nitro benzene ring substituents is 1. The normalized spacial score (nSPS) is 17.7. The van der Waals surface area contributed by atoms with E-state index in [1.807, 2.05) is 31.2 Å². The van der Waals surface area contributed by atoms with Crippen molar-refractivity contribution in [1.29, 1.82) is 0 Å². The number of nitro benzene ring substituents is 1. The summed E-state index contributed by atoms with van der Waals surface area (Å²) in [6.07, 6.45) is 1.57. The zero-order valence-corrected chi connectivity index (χ0v) is 15.9. The van der Waals surface area contributed by atoms with Gasteiger partial charge in [0.2, 0.25) is 10.0 Å². The van der Waals surface area contributed by atoms with Crippen molar-refractivity contribution in [2.24, 2.45) is 0 Å². The summed E-state index contributed by atoms with van der Waals surface area (Å²) < 4.78 is 32.9. The fourth-order valence-corrected chi connectivity index (χ4v) is 5.17. The zero-order valence-electron chi connectivity index (χ0n) is 15.1. The molecule has 1 saturated heterocycles. The van der Waals surface area contributed by atoms with Crippen LogP contribution in [-0.2, 0) is 15.8 Å². The van der Waals surface area contributed by atoms with Crippen molar-refractivity contribution in [3.8, 4) is 5.75 Å². The van der Waals surface area contributed by atoms with Crippen LogP contribution in [0, 0.1) is 10.1 Å². The minimum absolute atomic E-state index is 0.0513. The van der Waals surface area contributed by atoms with Crippen LogP contribution < -0.4 is 4.74 Å². The lowest BCUT2D eigenvalue weighted by Crippen LogP contribution is -2.31. The number of nitro groups is 1. The number of hydrogen-bond donors (Lipinski definition) is 0. The second-order valence-electron chi connectivity index (χ2n) is 6.45. The average molecular weight is 390 g/mol. The molecule has 1 fully saturated rings. The van der Waals surface area contributed by atoms with Gasteiger partial charge < -0.3 is 4.74 Å². The molecular weight excluding hydrogens is 368 g/mol. The molecule has 0 bridgehead atoms. The van der Waals surface area contributed by atoms with E-state index in [1.165, 1.54) is 24.3 Å². The van der Waals surface area contributed by atoms with E-state index in [4.69, 9.17) is 4.74 Å². The van der Waals surface area contributed by atoms with Gasteiger partial charge in [0, 0.05) is 24.7 Å². The topological polar surface area (TPSA) is 89.8 Å². The van der Waals surface area contributed by atoms with Crippen molar-refractivity contribution in [1.82, 2.24) is 4.31 Å². The molecule has 1 aliphatic heterocycles. The number of benzene rings is 2. The summed E-state index contributed by atoms with van der Waals surface area (Å²) in [5, 5.41) is 10.7. The molecule has 27 heavy (non-hydrogen) atoms. The molecule has 3 rings (SSSR count). The molecule has 1 unspecified atom stereocenters. The molecule has 8 heteroatoms. The Morgan fingerprint density at radius 3 is 2.41 bits per heavy atom. The van der Waals surface area contributed by atoms with Gasteiger partial charge in [-0.3, -0.25) is 10.1 Å². The van der Waals surface area contributed by atoms with Gasteiger partial charge in [-0.2, -0.15) is 4.31 Å². The van der Waals surface area contributed by atoms with Gasteiger partial charge in [0.15, 0.2) is 0 Å². The first kappa shape index (κ1) is 19.3. The summed E-state index contributed by atoms with van der Waals surface area (Å²) in [6, 6.07) is 13.0. The van der Waals surface area contributed by atoms with Crippen molar-refractivity contribution in [3.63, 3.8) is 0 Å². The second-order valence-corrected chi connectivity index (χ2v) is 8.37. The van der Waals surface area contributed by atoms with Crippen LogP contribution in [0.5, 0.6) is 5.75 Å². The predicted octanol–water partition coefficient (Wildman–Crippen LogP) is 3.66. The smallest absolute Gasteiger partial charge is 0.269 e. The van der Waals surface area contributed by atoms with Crippen LogP contribution in [0.2, 0.25) is 0 Å². The highest BCUT2D eigenvalue weighted by Crippen LogP contribution is 2.36. The van der Waals surface area contributed by atoms with Gasteiger partial charge in [-0.05, 0) is 43.0 Å². The van der Waals surface area contributed by atoms with E-state index in [-0.39, 0.29) is 17.5 Å². The standard InChI is InChI=1S/C19H22N2O5S/c1-2-26-18-11-7-16(8-12-18)19-4-3-13-20(19)27(24,25)14-15-5-9-17(10-6-15)21(22)23/h5-12,19H,2-4,13-14H2,1H3. The minimum Gasteiger partial charge on any atom is -0.494 e. The van der Waals surface area contributed by atoms with Gasteiger partial charge in [-0.25, -0.2) is 8.42 Å². The van der Waals surface area contributed by atoms with Gasteiger partial charge >= 0.3 is 0 Å². The first-order valence-corrected chi connectivity index (χ1v) is 10.5. The molecule has 0 spiro atoms. The van der Waals surface area contributed by atoms with E-state index in [0.717, 1.165) is 24.2 Å². The number of ether oxygens (including phenoxy) is 1. The highest BCUT2D eigenvalue weighted by atomic mass is 32.2. The van der Waals surface area contributed by atoms with Crippen LogP contribution in [0.3, 0.4) is 0 Å².